The van der Waals surface area contributed by atoms with Crippen molar-refractivity contribution in [2.24, 2.45) is 0 Å². The number of hydrogen-bond acceptors (Lipinski definition) is 3. The first-order valence-electron chi connectivity index (χ1n) is 12.7. The predicted octanol–water partition coefficient (Wildman–Crippen LogP) is 6.29. The molecule has 0 saturated carbocycles. The highest BCUT2D eigenvalue weighted by atomic mass is 16.4. The third-order valence-electron chi connectivity index (χ3n) is 7.64. The number of allylic oxidation sites excluding steroid dienone is 6. The van der Waals surface area contributed by atoms with Crippen LogP contribution in [0.25, 0.3) is 0 Å². The van der Waals surface area contributed by atoms with E-state index in [1.165, 1.54) is 0 Å². The summed E-state index contributed by atoms with van der Waals surface area (Å²) >= 11 is 0. The molecule has 192 valence electrons. The second kappa shape index (κ2) is 9.51. The number of aromatic carboxylic acids is 2. The van der Waals surface area contributed by atoms with Crippen LogP contribution in [-0.2, 0) is 10.8 Å². The molecule has 2 heterocycles. The number of carboxylic acids is 2. The molecule has 0 saturated heterocycles. The van der Waals surface area contributed by atoms with Crippen molar-refractivity contribution in [1.82, 2.24) is 0 Å². The van der Waals surface area contributed by atoms with Crippen molar-refractivity contribution >= 4 is 29.0 Å². The lowest BCUT2D eigenvalue weighted by Gasteiger charge is -2.25. The van der Waals surface area contributed by atoms with Gasteiger partial charge in [-0.2, -0.15) is 4.58 Å². The van der Waals surface area contributed by atoms with Crippen LogP contribution < -0.4 is 4.90 Å². The number of hydrogen-bond donors (Lipinski definition) is 2. The molecule has 2 aromatic carbocycles. The van der Waals surface area contributed by atoms with Gasteiger partial charge in [0, 0.05) is 41.1 Å². The molecule has 0 amide bonds. The Morgan fingerprint density at radius 2 is 1.49 bits per heavy atom. The molecule has 6 heteroatoms. The molecule has 2 aliphatic rings. The van der Waals surface area contributed by atoms with Crippen LogP contribution in [0.4, 0.5) is 11.4 Å². The smallest absolute Gasteiger partial charge is 0.335 e. The predicted molar refractivity (Wildman–Crippen MR) is 148 cm³/mol. The highest BCUT2D eigenvalue weighted by molar-refractivity contribution is 6.04. The third kappa shape index (κ3) is 4.31. The second-order valence-corrected chi connectivity index (χ2v) is 10.5. The number of nitrogens with zero attached hydrogens (tertiary/aromatic N) is 2. The Hall–Kier alpha value is -3.93. The molecule has 0 atom stereocenters. The topological polar surface area (TPSA) is 80.8 Å². The van der Waals surface area contributed by atoms with Crippen LogP contribution in [0.5, 0.6) is 0 Å². The first-order chi connectivity index (χ1) is 17.4. The summed E-state index contributed by atoms with van der Waals surface area (Å²) in [5.74, 6) is -1.84. The van der Waals surface area contributed by atoms with E-state index < -0.39 is 11.9 Å². The van der Waals surface area contributed by atoms with Gasteiger partial charge in [-0.3, -0.25) is 0 Å². The molecule has 6 nitrogen and oxygen atoms in total. The Morgan fingerprint density at radius 3 is 2.08 bits per heavy atom. The van der Waals surface area contributed by atoms with E-state index in [1.54, 1.807) is 24.3 Å². The zero-order chi connectivity index (χ0) is 27.1. The number of carbonyl (C=O) groups is 2. The van der Waals surface area contributed by atoms with Gasteiger partial charge < -0.3 is 15.1 Å². The number of rotatable bonds is 7. The molecule has 2 aliphatic heterocycles. The SMILES string of the molecule is CCN1C(=CC=CC=CC2=[N+](CC)c3ccc(C(=O)O)cc3C2(C)C)C(C)(C)c2cc(C(=O)O)ccc21. The summed E-state index contributed by atoms with van der Waals surface area (Å²) in [6, 6.07) is 10.7. The first-order valence-corrected chi connectivity index (χ1v) is 12.7. The van der Waals surface area contributed by atoms with Gasteiger partial charge in [0.25, 0.3) is 0 Å². The van der Waals surface area contributed by atoms with Crippen LogP contribution >= 0.6 is 0 Å². The molecule has 0 bridgehead atoms. The van der Waals surface area contributed by atoms with E-state index in [2.05, 4.69) is 63.2 Å². The summed E-state index contributed by atoms with van der Waals surface area (Å²) in [4.78, 5) is 25.3. The fourth-order valence-electron chi connectivity index (χ4n) is 5.66. The quantitative estimate of drug-likeness (QED) is 0.345. The minimum Gasteiger partial charge on any atom is -0.478 e. The third-order valence-corrected chi connectivity index (χ3v) is 7.64. The van der Waals surface area contributed by atoms with Crippen molar-refractivity contribution < 1.29 is 24.4 Å². The molecule has 0 fully saturated rings. The zero-order valence-corrected chi connectivity index (χ0v) is 22.4. The van der Waals surface area contributed by atoms with Gasteiger partial charge in [0.15, 0.2) is 5.71 Å². The van der Waals surface area contributed by atoms with Crippen molar-refractivity contribution in [3.63, 3.8) is 0 Å². The van der Waals surface area contributed by atoms with Gasteiger partial charge in [0.2, 0.25) is 5.69 Å². The van der Waals surface area contributed by atoms with E-state index in [-0.39, 0.29) is 10.8 Å². The normalized spacial score (nSPS) is 18.8. The monoisotopic (exact) mass is 499 g/mol. The second-order valence-electron chi connectivity index (χ2n) is 10.5. The van der Waals surface area contributed by atoms with Gasteiger partial charge in [-0.15, -0.1) is 0 Å². The highest BCUT2D eigenvalue weighted by Crippen LogP contribution is 2.48. The first kappa shape index (κ1) is 26.1. The van der Waals surface area contributed by atoms with E-state index in [4.69, 9.17) is 0 Å². The van der Waals surface area contributed by atoms with Gasteiger partial charge in [0.05, 0.1) is 16.5 Å². The molecule has 37 heavy (non-hydrogen) atoms. The van der Waals surface area contributed by atoms with Crippen molar-refractivity contribution in [3.8, 4) is 0 Å². The van der Waals surface area contributed by atoms with Crippen molar-refractivity contribution in [3.05, 3.63) is 94.7 Å². The molecule has 0 spiro atoms. The summed E-state index contributed by atoms with van der Waals surface area (Å²) < 4.78 is 2.24. The Bertz CT molecular complexity index is 1410. The van der Waals surface area contributed by atoms with Crippen LogP contribution in [0.3, 0.4) is 0 Å². The van der Waals surface area contributed by atoms with Gasteiger partial charge in [-0.05, 0) is 69.7 Å². The van der Waals surface area contributed by atoms with E-state index in [1.807, 2.05) is 30.4 Å². The number of likely N-dealkylation sites (N-methyl/N-ethyl adjacent to an activating group) is 1. The Kier molecular flexibility index (Phi) is 6.72. The van der Waals surface area contributed by atoms with Crippen LogP contribution in [0.1, 0.15) is 73.4 Å². The molecule has 0 aliphatic carbocycles. The minimum atomic E-state index is -0.918. The lowest BCUT2D eigenvalue weighted by atomic mass is 9.81. The van der Waals surface area contributed by atoms with Crippen molar-refractivity contribution in [2.75, 3.05) is 18.0 Å². The Morgan fingerprint density at radius 1 is 0.865 bits per heavy atom. The van der Waals surface area contributed by atoms with E-state index in [0.29, 0.717) is 11.1 Å². The van der Waals surface area contributed by atoms with E-state index in [9.17, 15) is 19.8 Å². The minimum absolute atomic E-state index is 0.302. The maximum atomic E-state index is 11.5. The summed E-state index contributed by atoms with van der Waals surface area (Å²) in [5, 5.41) is 18.9. The maximum absolute atomic E-state index is 11.5. The van der Waals surface area contributed by atoms with Gasteiger partial charge >= 0.3 is 11.9 Å². The molecule has 2 N–H and O–H groups in total. The Labute approximate surface area is 218 Å². The van der Waals surface area contributed by atoms with Gasteiger partial charge in [0.1, 0.15) is 6.54 Å². The van der Waals surface area contributed by atoms with Gasteiger partial charge in [-0.1, -0.05) is 32.1 Å². The van der Waals surface area contributed by atoms with E-state index in [0.717, 1.165) is 47.0 Å². The number of anilines is 1. The molecule has 0 radical (unpaired) electrons. The summed E-state index contributed by atoms with van der Waals surface area (Å²) in [6.45, 7) is 14.3. The standard InChI is InChI=1S/C31H34N2O4/c1-7-32-24-16-14-20(28(34)35)18-22(24)30(3,4)26(32)12-10-9-11-13-27-31(5,6)23-19-21(29(36)37)15-17-25(23)33(27)8-2/h9-19H,7-8H2,1-6H3,(H-,34,35,36,37)/p+1. The lowest BCUT2D eigenvalue weighted by Crippen LogP contribution is -2.27. The van der Waals surface area contributed by atoms with E-state index >= 15 is 0 Å². The highest BCUT2D eigenvalue weighted by Gasteiger charge is 2.44. The average Bonchev–Trinajstić information content (AvgIpc) is 3.21. The molecule has 0 unspecified atom stereocenters. The largest absolute Gasteiger partial charge is 0.478 e. The number of carboxylic acid groups (broad SMARTS) is 2. The maximum Gasteiger partial charge on any atom is 0.335 e. The Balaban J connectivity index is 1.62. The molecular weight excluding hydrogens is 464 g/mol. The number of benzene rings is 2. The van der Waals surface area contributed by atoms with Crippen LogP contribution in [-0.4, -0.2) is 45.5 Å². The van der Waals surface area contributed by atoms with Crippen LogP contribution in [0, 0.1) is 0 Å². The summed E-state index contributed by atoms with van der Waals surface area (Å²) in [6.07, 6.45) is 10.3. The summed E-state index contributed by atoms with van der Waals surface area (Å²) in [7, 11) is 0. The molecule has 2 aromatic rings. The van der Waals surface area contributed by atoms with Crippen molar-refractivity contribution in [2.45, 2.75) is 52.4 Å². The lowest BCUT2D eigenvalue weighted by molar-refractivity contribution is -0.433. The van der Waals surface area contributed by atoms with Gasteiger partial charge in [-0.25, -0.2) is 9.59 Å². The average molecular weight is 500 g/mol. The summed E-state index contributed by atoms with van der Waals surface area (Å²) in [5.41, 5.74) is 6.33. The zero-order valence-electron chi connectivity index (χ0n) is 22.4. The fourth-order valence-corrected chi connectivity index (χ4v) is 5.66. The van der Waals surface area contributed by atoms with Crippen LogP contribution in [0.15, 0.2) is 72.5 Å². The molecule has 4 rings (SSSR count). The number of fused-ring (bicyclic) bond motifs is 2. The molecular formula is C31H35N2O4+. The molecule has 0 aromatic heterocycles. The fraction of sp³-hybridized carbons (Fsp3) is 0.323. The van der Waals surface area contributed by atoms with Crippen LogP contribution in [0.2, 0.25) is 0 Å². The van der Waals surface area contributed by atoms with Crippen molar-refractivity contribution in [1.29, 1.82) is 0 Å².